The van der Waals surface area contributed by atoms with Crippen molar-refractivity contribution in [3.05, 3.63) is 94.5 Å². The fourth-order valence-corrected chi connectivity index (χ4v) is 4.74. The van der Waals surface area contributed by atoms with Crippen molar-refractivity contribution in [2.45, 2.75) is 31.7 Å². The Kier molecular flexibility index (Phi) is 7.03. The summed E-state index contributed by atoms with van der Waals surface area (Å²) in [6.45, 7) is 5.32. The van der Waals surface area contributed by atoms with Crippen LogP contribution in [0.4, 0.5) is 5.69 Å². The first-order valence-corrected chi connectivity index (χ1v) is 11.7. The van der Waals surface area contributed by atoms with E-state index in [1.165, 1.54) is 12.1 Å². The van der Waals surface area contributed by atoms with Crippen molar-refractivity contribution >= 4 is 33.2 Å². The number of benzene rings is 3. The van der Waals surface area contributed by atoms with E-state index in [9.17, 15) is 13.2 Å². The van der Waals surface area contributed by atoms with Gasteiger partial charge in [-0.2, -0.15) is 0 Å². The Morgan fingerprint density at radius 2 is 1.65 bits per heavy atom. The number of hydrogen-bond donors (Lipinski definition) is 1. The number of anilines is 1. The molecule has 0 aliphatic carbocycles. The lowest BCUT2D eigenvalue weighted by atomic mass is 10.1. The first-order valence-electron chi connectivity index (χ1n) is 9.88. The summed E-state index contributed by atoms with van der Waals surface area (Å²) in [4.78, 5) is 13.0. The topological polar surface area (TPSA) is 66.5 Å². The summed E-state index contributed by atoms with van der Waals surface area (Å²) in [7, 11) is -3.97. The van der Waals surface area contributed by atoms with Gasteiger partial charge in [-0.15, -0.1) is 0 Å². The maximum absolute atomic E-state index is 13.4. The molecule has 0 heterocycles. The van der Waals surface area contributed by atoms with Crippen molar-refractivity contribution in [1.82, 2.24) is 5.32 Å². The highest BCUT2D eigenvalue weighted by atomic mass is 35.5. The van der Waals surface area contributed by atoms with Crippen LogP contribution in [0.2, 0.25) is 5.02 Å². The van der Waals surface area contributed by atoms with Crippen molar-refractivity contribution in [2.75, 3.05) is 10.8 Å². The summed E-state index contributed by atoms with van der Waals surface area (Å²) in [5.74, 6) is -0.413. The molecule has 0 fully saturated rings. The van der Waals surface area contributed by atoms with Gasteiger partial charge in [0.15, 0.2) is 0 Å². The van der Waals surface area contributed by atoms with Gasteiger partial charge in [-0.25, -0.2) is 8.42 Å². The molecule has 0 radical (unpaired) electrons. The monoisotopic (exact) mass is 456 g/mol. The van der Waals surface area contributed by atoms with Gasteiger partial charge >= 0.3 is 0 Å². The molecular weight excluding hydrogens is 432 g/mol. The molecule has 0 saturated heterocycles. The number of carbonyl (C=O) groups is 1. The quantitative estimate of drug-likeness (QED) is 0.542. The number of sulfonamides is 1. The molecule has 3 rings (SSSR count). The van der Waals surface area contributed by atoms with Crippen molar-refractivity contribution in [1.29, 1.82) is 0 Å². The highest BCUT2D eigenvalue weighted by molar-refractivity contribution is 7.92. The van der Waals surface area contributed by atoms with E-state index in [1.54, 1.807) is 36.4 Å². The maximum atomic E-state index is 13.4. The molecule has 5 nitrogen and oxygen atoms in total. The highest BCUT2D eigenvalue weighted by Gasteiger charge is 2.28. The average molecular weight is 457 g/mol. The average Bonchev–Trinajstić information content (AvgIpc) is 2.75. The van der Waals surface area contributed by atoms with Crippen LogP contribution in [0.15, 0.2) is 77.7 Å². The zero-order chi connectivity index (χ0) is 22.6. The van der Waals surface area contributed by atoms with E-state index in [0.29, 0.717) is 10.7 Å². The van der Waals surface area contributed by atoms with Crippen molar-refractivity contribution < 1.29 is 13.2 Å². The van der Waals surface area contributed by atoms with E-state index < -0.39 is 15.9 Å². The fourth-order valence-electron chi connectivity index (χ4n) is 3.13. The molecule has 1 amide bonds. The van der Waals surface area contributed by atoms with Crippen LogP contribution >= 0.6 is 11.6 Å². The van der Waals surface area contributed by atoms with Crippen LogP contribution in [0.3, 0.4) is 0 Å². The SMILES string of the molecule is Cc1ccc([C@H](C)NC(=O)CN(c2ccc(C)c(Cl)c2)S(=O)(=O)c2ccccc2)cc1. The van der Waals surface area contributed by atoms with E-state index >= 15 is 0 Å². The van der Waals surface area contributed by atoms with Crippen LogP contribution in [-0.4, -0.2) is 20.9 Å². The van der Waals surface area contributed by atoms with Crippen molar-refractivity contribution in [3.63, 3.8) is 0 Å². The van der Waals surface area contributed by atoms with Gasteiger partial charge < -0.3 is 5.32 Å². The first-order chi connectivity index (χ1) is 14.7. The molecule has 0 saturated carbocycles. The van der Waals surface area contributed by atoms with Gasteiger partial charge in [-0.1, -0.05) is 65.7 Å². The highest BCUT2D eigenvalue weighted by Crippen LogP contribution is 2.28. The molecule has 0 unspecified atom stereocenters. The lowest BCUT2D eigenvalue weighted by molar-refractivity contribution is -0.120. The van der Waals surface area contributed by atoms with E-state index in [-0.39, 0.29) is 17.5 Å². The zero-order valence-electron chi connectivity index (χ0n) is 17.7. The number of hydrogen-bond acceptors (Lipinski definition) is 3. The second kappa shape index (κ2) is 9.54. The smallest absolute Gasteiger partial charge is 0.264 e. The fraction of sp³-hybridized carbons (Fsp3) is 0.208. The number of amides is 1. The molecule has 3 aromatic rings. The van der Waals surface area contributed by atoms with Gasteiger partial charge in [0.25, 0.3) is 10.0 Å². The molecule has 3 aromatic carbocycles. The van der Waals surface area contributed by atoms with E-state index in [0.717, 1.165) is 21.0 Å². The van der Waals surface area contributed by atoms with Crippen LogP contribution < -0.4 is 9.62 Å². The summed E-state index contributed by atoms with van der Waals surface area (Å²) in [5, 5.41) is 3.32. The summed E-state index contributed by atoms with van der Waals surface area (Å²) < 4.78 is 27.8. The third-order valence-electron chi connectivity index (χ3n) is 5.02. The Balaban J connectivity index is 1.90. The maximum Gasteiger partial charge on any atom is 0.264 e. The minimum Gasteiger partial charge on any atom is -0.348 e. The van der Waals surface area contributed by atoms with Crippen molar-refractivity contribution in [3.8, 4) is 0 Å². The Labute approximate surface area is 188 Å². The van der Waals surface area contributed by atoms with Gasteiger partial charge in [-0.3, -0.25) is 9.10 Å². The minimum absolute atomic E-state index is 0.103. The number of nitrogens with one attached hydrogen (secondary N) is 1. The standard InChI is InChI=1S/C24H25ClN2O3S/c1-17-9-12-20(13-10-17)19(3)26-24(28)16-27(21-14-11-18(2)23(25)15-21)31(29,30)22-7-5-4-6-8-22/h4-15,19H,16H2,1-3H3,(H,26,28)/t19-/m0/s1. The summed E-state index contributed by atoms with van der Waals surface area (Å²) in [6.07, 6.45) is 0. The largest absolute Gasteiger partial charge is 0.348 e. The zero-order valence-corrected chi connectivity index (χ0v) is 19.2. The molecule has 7 heteroatoms. The molecule has 1 N–H and O–H groups in total. The second-order valence-electron chi connectivity index (χ2n) is 7.46. The molecule has 162 valence electrons. The number of aryl methyl sites for hydroxylation is 2. The number of rotatable bonds is 7. The van der Waals surface area contributed by atoms with Crippen LogP contribution in [0.25, 0.3) is 0 Å². The third-order valence-corrected chi connectivity index (χ3v) is 7.21. The van der Waals surface area contributed by atoms with Crippen LogP contribution in [-0.2, 0) is 14.8 Å². The molecule has 0 bridgehead atoms. The normalized spacial score (nSPS) is 12.3. The van der Waals surface area contributed by atoms with Gasteiger partial charge in [0, 0.05) is 5.02 Å². The summed E-state index contributed by atoms with van der Waals surface area (Å²) in [5.41, 5.74) is 3.21. The lowest BCUT2D eigenvalue weighted by Crippen LogP contribution is -2.41. The Morgan fingerprint density at radius 3 is 2.26 bits per heavy atom. The predicted molar refractivity (Wildman–Crippen MR) is 125 cm³/mol. The second-order valence-corrected chi connectivity index (χ2v) is 9.73. The third kappa shape index (κ3) is 5.46. The van der Waals surface area contributed by atoms with Crippen LogP contribution in [0, 0.1) is 13.8 Å². The molecule has 0 aliphatic heterocycles. The van der Waals surface area contributed by atoms with Gasteiger partial charge in [0.2, 0.25) is 5.91 Å². The number of carbonyl (C=O) groups excluding carboxylic acids is 1. The molecular formula is C24H25ClN2O3S. The lowest BCUT2D eigenvalue weighted by Gasteiger charge is -2.25. The number of halogens is 1. The molecule has 0 aromatic heterocycles. The Bertz CT molecular complexity index is 1160. The van der Waals surface area contributed by atoms with Crippen molar-refractivity contribution in [2.24, 2.45) is 0 Å². The molecule has 0 aliphatic rings. The van der Waals surface area contributed by atoms with Gasteiger partial charge in [0.1, 0.15) is 6.54 Å². The Morgan fingerprint density at radius 1 is 1.00 bits per heavy atom. The summed E-state index contributed by atoms with van der Waals surface area (Å²) in [6, 6.07) is 20.5. The molecule has 0 spiro atoms. The molecule has 1 atom stereocenters. The van der Waals surface area contributed by atoms with Crippen LogP contribution in [0.5, 0.6) is 0 Å². The Hall–Kier alpha value is -2.83. The molecule has 31 heavy (non-hydrogen) atoms. The van der Waals surface area contributed by atoms with E-state index in [4.69, 9.17) is 11.6 Å². The van der Waals surface area contributed by atoms with Gasteiger partial charge in [0.05, 0.1) is 16.6 Å². The predicted octanol–water partition coefficient (Wildman–Crippen LogP) is 5.03. The number of nitrogens with zero attached hydrogens (tertiary/aromatic N) is 1. The van der Waals surface area contributed by atoms with Gasteiger partial charge in [-0.05, 0) is 56.2 Å². The van der Waals surface area contributed by atoms with E-state index in [2.05, 4.69) is 5.32 Å². The first kappa shape index (κ1) is 22.8. The summed E-state index contributed by atoms with van der Waals surface area (Å²) >= 11 is 6.25. The van der Waals surface area contributed by atoms with Crippen LogP contribution in [0.1, 0.15) is 29.7 Å². The minimum atomic E-state index is -3.97. The van der Waals surface area contributed by atoms with E-state index in [1.807, 2.05) is 45.0 Å².